The maximum Gasteiger partial charge on any atom is 0.338 e. The summed E-state index contributed by atoms with van der Waals surface area (Å²) >= 11 is 0. The highest BCUT2D eigenvalue weighted by Crippen LogP contribution is 2.36. The molecule has 1 fully saturated rings. The number of hydrogen-bond donors (Lipinski definition) is 2. The molecule has 2 aliphatic rings. The number of rotatable bonds is 12. The molecule has 9 heteroatoms. The standard InChI is InChI=1S/C33H39N3O2.C4H4O4/c37-33(30-14-2-1-3-15-30)38-27-9-8-20-34-21-10-22-35(26-25-34)23-11-24-36-31-16-6-4-12-28(31)18-19-29-13-5-7-17-32(29)36;5-3(6)1-2-4(7)8/h1-7,12-19H,8-11,20-27H2;1-2H,(H,5,6)(H,7,8)/b;2-1+. The normalized spacial score (nSPS) is 15.9. The second-order valence-corrected chi connectivity index (χ2v) is 11.4. The third kappa shape index (κ3) is 11.0. The van der Waals surface area contributed by atoms with Gasteiger partial charge in [-0.2, -0.15) is 0 Å². The highest BCUT2D eigenvalue weighted by Gasteiger charge is 2.20. The van der Waals surface area contributed by atoms with Crippen LogP contribution in [0.5, 0.6) is 0 Å². The van der Waals surface area contributed by atoms with Gasteiger partial charge < -0.3 is 29.5 Å². The van der Waals surface area contributed by atoms with Gasteiger partial charge in [-0.1, -0.05) is 66.7 Å². The molecule has 3 aromatic carbocycles. The average Bonchev–Trinajstić information content (AvgIpc) is 3.39. The van der Waals surface area contributed by atoms with Crippen molar-refractivity contribution in [1.29, 1.82) is 0 Å². The van der Waals surface area contributed by atoms with E-state index in [2.05, 4.69) is 70.5 Å². The number of carbonyl (C=O) groups excluding carboxylic acids is 2. The van der Waals surface area contributed by atoms with E-state index in [1.54, 1.807) is 17.0 Å². The maximum atomic E-state index is 12.1. The van der Waals surface area contributed by atoms with Crippen molar-refractivity contribution in [2.24, 2.45) is 0 Å². The van der Waals surface area contributed by atoms with Gasteiger partial charge in [-0.05, 0) is 60.9 Å². The van der Waals surface area contributed by atoms with Gasteiger partial charge in [-0.3, -0.25) is 4.90 Å². The van der Waals surface area contributed by atoms with Gasteiger partial charge in [0.2, 0.25) is 0 Å². The first-order valence-corrected chi connectivity index (χ1v) is 15.9. The van der Waals surface area contributed by atoms with Crippen LogP contribution in [0.15, 0.2) is 91.0 Å². The van der Waals surface area contributed by atoms with Crippen LogP contribution in [0.1, 0.15) is 47.2 Å². The number of anilines is 2. The van der Waals surface area contributed by atoms with E-state index < -0.39 is 11.9 Å². The summed E-state index contributed by atoms with van der Waals surface area (Å²) in [5.74, 6) is -3.02. The summed E-state index contributed by atoms with van der Waals surface area (Å²) in [7, 11) is 0. The van der Waals surface area contributed by atoms with Crippen LogP contribution in [0.25, 0.3) is 12.2 Å². The Kier molecular flexibility index (Phi) is 13.6. The minimum atomic E-state index is -1.51. The lowest BCUT2D eigenvalue weighted by Gasteiger charge is -2.27. The summed E-state index contributed by atoms with van der Waals surface area (Å²) in [5.41, 5.74) is 5.82. The van der Waals surface area contributed by atoms with Crippen molar-refractivity contribution >= 4 is 41.4 Å². The molecule has 1 unspecified atom stereocenters. The number of ether oxygens (including phenoxy) is 1. The maximum absolute atomic E-state index is 12.1. The van der Waals surface area contributed by atoms with Gasteiger partial charge in [-0.15, -0.1) is 0 Å². The van der Waals surface area contributed by atoms with Gasteiger partial charge >= 0.3 is 11.9 Å². The fourth-order valence-corrected chi connectivity index (χ4v) is 5.76. The first kappa shape index (κ1) is 34.1. The molecule has 0 aromatic heterocycles. The molecule has 1 saturated heterocycles. The molecular weight excluding hydrogens is 582 g/mol. The SMILES string of the molecule is O=C(OCCCCN1CCC[NH+](CCCN2c3ccccc3C=Cc3ccccc32)CC1)c1ccccc1.O=C([O-])/C=C/C(=O)O. The molecule has 0 saturated carbocycles. The number of benzene rings is 3. The monoisotopic (exact) mass is 625 g/mol. The number of nitrogens with zero attached hydrogens (tertiary/aromatic N) is 2. The number of hydrogen-bond acceptors (Lipinski definition) is 7. The fraction of sp³-hybridized carbons (Fsp3) is 0.324. The Hall–Kier alpha value is -4.73. The van der Waals surface area contributed by atoms with E-state index >= 15 is 0 Å². The van der Waals surface area contributed by atoms with Crippen LogP contribution in [0.4, 0.5) is 11.4 Å². The van der Waals surface area contributed by atoms with E-state index in [0.29, 0.717) is 24.3 Å². The van der Waals surface area contributed by atoms with E-state index in [4.69, 9.17) is 9.84 Å². The number of para-hydroxylation sites is 2. The number of fused-ring (bicyclic) bond motifs is 2. The lowest BCUT2D eigenvalue weighted by molar-refractivity contribution is -0.898. The molecule has 2 heterocycles. The van der Waals surface area contributed by atoms with Gasteiger partial charge in [0.25, 0.3) is 0 Å². The predicted octanol–water partition coefficient (Wildman–Crippen LogP) is 3.30. The number of carboxylic acid groups (broad SMARTS) is 2. The predicted molar refractivity (Wildman–Crippen MR) is 178 cm³/mol. The number of unbranched alkanes of at least 4 members (excludes halogenated alkanes) is 1. The molecule has 2 N–H and O–H groups in total. The van der Waals surface area contributed by atoms with Crippen molar-refractivity contribution in [1.82, 2.24) is 4.90 Å². The summed E-state index contributed by atoms with van der Waals surface area (Å²) in [4.78, 5) is 37.9. The van der Waals surface area contributed by atoms with E-state index in [1.165, 1.54) is 61.5 Å². The van der Waals surface area contributed by atoms with Crippen LogP contribution in [-0.2, 0) is 14.3 Å². The molecule has 0 aliphatic carbocycles. The minimum absolute atomic E-state index is 0.219. The average molecular weight is 626 g/mol. The van der Waals surface area contributed by atoms with Crippen LogP contribution in [0.3, 0.4) is 0 Å². The molecule has 3 aromatic rings. The summed E-state index contributed by atoms with van der Waals surface area (Å²) in [5, 5.41) is 17.2. The van der Waals surface area contributed by atoms with Crippen molar-refractivity contribution < 1.29 is 34.2 Å². The Bertz CT molecular complexity index is 1420. The Morgan fingerprint density at radius 2 is 1.43 bits per heavy atom. The summed E-state index contributed by atoms with van der Waals surface area (Å²) in [6.45, 7) is 8.60. The van der Waals surface area contributed by atoms with Gasteiger partial charge in [-0.25, -0.2) is 9.59 Å². The molecule has 9 nitrogen and oxygen atoms in total. The van der Waals surface area contributed by atoms with Gasteiger partial charge in [0.05, 0.1) is 37.8 Å². The quantitative estimate of drug-likeness (QED) is 0.179. The third-order valence-electron chi connectivity index (χ3n) is 8.07. The minimum Gasteiger partial charge on any atom is -0.545 e. The largest absolute Gasteiger partial charge is 0.545 e. The van der Waals surface area contributed by atoms with E-state index in [0.717, 1.165) is 32.5 Å². The molecule has 2 aliphatic heterocycles. The Morgan fingerprint density at radius 3 is 2.07 bits per heavy atom. The van der Waals surface area contributed by atoms with Crippen molar-refractivity contribution in [3.63, 3.8) is 0 Å². The van der Waals surface area contributed by atoms with Crippen LogP contribution < -0.4 is 14.9 Å². The topological polar surface area (TPSA) is 115 Å². The molecular formula is C37H43N3O6. The summed E-state index contributed by atoms with van der Waals surface area (Å²) < 4.78 is 5.44. The van der Waals surface area contributed by atoms with Crippen LogP contribution >= 0.6 is 0 Å². The zero-order valence-electron chi connectivity index (χ0n) is 26.2. The van der Waals surface area contributed by atoms with Crippen molar-refractivity contribution in [2.75, 3.05) is 57.3 Å². The number of esters is 1. The van der Waals surface area contributed by atoms with E-state index in [9.17, 15) is 19.5 Å². The van der Waals surface area contributed by atoms with E-state index in [-0.39, 0.29) is 5.97 Å². The zero-order chi connectivity index (χ0) is 32.6. The van der Waals surface area contributed by atoms with Crippen LogP contribution in [-0.4, -0.2) is 80.3 Å². The van der Waals surface area contributed by atoms with Gasteiger partial charge in [0.15, 0.2) is 0 Å². The highest BCUT2D eigenvalue weighted by molar-refractivity contribution is 5.90. The number of quaternary nitrogens is 1. The lowest BCUT2D eigenvalue weighted by Crippen LogP contribution is -3.12. The first-order valence-electron chi connectivity index (χ1n) is 15.9. The molecule has 1 atom stereocenters. The third-order valence-corrected chi connectivity index (χ3v) is 8.07. The lowest BCUT2D eigenvalue weighted by atomic mass is 10.1. The number of carbonyl (C=O) groups is 3. The molecule has 0 spiro atoms. The molecule has 0 bridgehead atoms. The summed E-state index contributed by atoms with van der Waals surface area (Å²) in [6, 6.07) is 26.7. The highest BCUT2D eigenvalue weighted by atomic mass is 16.5. The molecule has 0 amide bonds. The number of nitrogens with one attached hydrogen (secondary N) is 1. The summed E-state index contributed by atoms with van der Waals surface area (Å²) in [6.07, 6.45) is 9.84. The zero-order valence-corrected chi connectivity index (χ0v) is 26.2. The fourth-order valence-electron chi connectivity index (χ4n) is 5.76. The Morgan fingerprint density at radius 1 is 0.783 bits per heavy atom. The van der Waals surface area contributed by atoms with Crippen molar-refractivity contribution in [3.05, 3.63) is 108 Å². The van der Waals surface area contributed by atoms with Crippen molar-refractivity contribution in [2.45, 2.75) is 25.7 Å². The van der Waals surface area contributed by atoms with Crippen LogP contribution in [0.2, 0.25) is 0 Å². The second-order valence-electron chi connectivity index (χ2n) is 11.4. The van der Waals surface area contributed by atoms with Gasteiger partial charge in [0, 0.05) is 49.9 Å². The van der Waals surface area contributed by atoms with Crippen LogP contribution in [0, 0.1) is 0 Å². The Labute approximate surface area is 271 Å². The molecule has 5 rings (SSSR count). The smallest absolute Gasteiger partial charge is 0.338 e. The molecule has 0 radical (unpaired) electrons. The second kappa shape index (κ2) is 18.3. The van der Waals surface area contributed by atoms with E-state index in [1.807, 2.05) is 18.2 Å². The number of carboxylic acids is 2. The molecule has 242 valence electrons. The number of aliphatic carboxylic acids is 2. The van der Waals surface area contributed by atoms with Crippen molar-refractivity contribution in [3.8, 4) is 0 Å². The Balaban J connectivity index is 0.000000533. The van der Waals surface area contributed by atoms with Gasteiger partial charge in [0.1, 0.15) is 0 Å². The molecule has 46 heavy (non-hydrogen) atoms. The first-order chi connectivity index (χ1) is 22.4.